The predicted octanol–water partition coefficient (Wildman–Crippen LogP) is 4.26. The summed E-state index contributed by atoms with van der Waals surface area (Å²) in [5, 5.41) is 2.01. The summed E-state index contributed by atoms with van der Waals surface area (Å²) < 4.78 is 5.43. The van der Waals surface area contributed by atoms with Crippen molar-refractivity contribution < 1.29 is 14.3 Å². The number of rotatable bonds is 4. The molecule has 6 heteroatoms. The summed E-state index contributed by atoms with van der Waals surface area (Å²) in [5.41, 5.74) is 0.286. The van der Waals surface area contributed by atoms with Crippen LogP contribution in [0.3, 0.4) is 0 Å². The topological polar surface area (TPSA) is 49.9 Å². The number of amides is 2. The number of likely N-dealkylation sites (tertiary alicyclic amines) is 1. The van der Waals surface area contributed by atoms with E-state index in [4.69, 9.17) is 4.74 Å². The second-order valence-corrected chi connectivity index (χ2v) is 8.92. The molecule has 0 atom stereocenters. The van der Waals surface area contributed by atoms with Gasteiger partial charge in [0.25, 0.3) is 0 Å². The third-order valence-electron chi connectivity index (χ3n) is 4.38. The lowest BCUT2D eigenvalue weighted by atomic mass is 9.96. The van der Waals surface area contributed by atoms with Gasteiger partial charge in [0, 0.05) is 37.1 Å². The maximum absolute atomic E-state index is 12.5. The molecule has 0 unspecified atom stereocenters. The summed E-state index contributed by atoms with van der Waals surface area (Å²) in [6.07, 6.45) is 3.49. The molecule has 1 saturated heterocycles. The van der Waals surface area contributed by atoms with Crippen LogP contribution in [0.1, 0.15) is 45.4 Å². The van der Waals surface area contributed by atoms with Crippen LogP contribution in [0.4, 0.5) is 4.79 Å². The van der Waals surface area contributed by atoms with Crippen molar-refractivity contribution in [2.24, 2.45) is 5.92 Å². The Morgan fingerprint density at radius 1 is 1.35 bits per heavy atom. The van der Waals surface area contributed by atoms with Crippen LogP contribution in [-0.2, 0) is 9.53 Å². The molecular weight excluding hydrogens is 348 g/mol. The first-order chi connectivity index (χ1) is 12.2. The summed E-state index contributed by atoms with van der Waals surface area (Å²) in [7, 11) is 1.86. The van der Waals surface area contributed by atoms with Crippen molar-refractivity contribution in [3.8, 4) is 0 Å². The molecule has 1 aromatic rings. The van der Waals surface area contributed by atoms with Crippen LogP contribution in [-0.4, -0.2) is 54.1 Å². The second kappa shape index (κ2) is 8.71. The molecular formula is C20H30N2O3S. The van der Waals surface area contributed by atoms with E-state index >= 15 is 0 Å². The van der Waals surface area contributed by atoms with Gasteiger partial charge < -0.3 is 14.5 Å². The third-order valence-corrected chi connectivity index (χ3v) is 5.20. The fraction of sp³-hybridized carbons (Fsp3) is 0.600. The van der Waals surface area contributed by atoms with Gasteiger partial charge in [-0.3, -0.25) is 4.79 Å². The smallest absolute Gasteiger partial charge is 0.410 e. The molecule has 2 rings (SSSR count). The van der Waals surface area contributed by atoms with Crippen molar-refractivity contribution in [1.29, 1.82) is 0 Å². The van der Waals surface area contributed by atoms with E-state index in [-0.39, 0.29) is 12.0 Å². The zero-order valence-electron chi connectivity index (χ0n) is 16.4. The first-order valence-electron chi connectivity index (χ1n) is 9.11. The summed E-state index contributed by atoms with van der Waals surface area (Å²) in [5.74, 6) is 0.477. The van der Waals surface area contributed by atoms with Crippen molar-refractivity contribution in [1.82, 2.24) is 9.80 Å². The summed E-state index contributed by atoms with van der Waals surface area (Å²) in [6, 6.07) is 3.99. The Morgan fingerprint density at radius 2 is 2.00 bits per heavy atom. The van der Waals surface area contributed by atoms with E-state index in [1.54, 1.807) is 21.1 Å². The fourth-order valence-electron chi connectivity index (χ4n) is 3.04. The minimum absolute atomic E-state index is 0.0629. The Bertz CT molecular complexity index is 639. The first kappa shape index (κ1) is 20.5. The summed E-state index contributed by atoms with van der Waals surface area (Å²) >= 11 is 1.63. The molecule has 26 heavy (non-hydrogen) atoms. The number of hydrogen-bond acceptors (Lipinski definition) is 4. The van der Waals surface area contributed by atoms with Crippen molar-refractivity contribution in [3.63, 3.8) is 0 Å². The number of thiophene rings is 1. The second-order valence-electron chi connectivity index (χ2n) is 7.94. The van der Waals surface area contributed by atoms with Gasteiger partial charge in [0.15, 0.2) is 0 Å². The van der Waals surface area contributed by atoms with Crippen LogP contribution in [0.15, 0.2) is 23.1 Å². The minimum Gasteiger partial charge on any atom is -0.444 e. The van der Waals surface area contributed by atoms with E-state index in [9.17, 15) is 9.59 Å². The lowest BCUT2D eigenvalue weighted by molar-refractivity contribution is -0.126. The molecule has 0 aliphatic carbocycles. The van der Waals surface area contributed by atoms with Gasteiger partial charge in [0.05, 0.1) is 0 Å². The van der Waals surface area contributed by atoms with Crippen LogP contribution >= 0.6 is 11.3 Å². The number of piperidine rings is 1. The van der Waals surface area contributed by atoms with Crippen molar-refractivity contribution in [3.05, 3.63) is 28.0 Å². The molecule has 1 aromatic heterocycles. The maximum atomic E-state index is 12.5. The van der Waals surface area contributed by atoms with E-state index in [1.165, 1.54) is 0 Å². The number of nitrogens with zero attached hydrogens (tertiary/aromatic N) is 2. The van der Waals surface area contributed by atoms with Gasteiger partial charge in [-0.25, -0.2) is 4.79 Å². The molecule has 2 heterocycles. The lowest BCUT2D eigenvalue weighted by Crippen LogP contribution is -2.44. The van der Waals surface area contributed by atoms with Gasteiger partial charge in [-0.2, -0.15) is 0 Å². The molecule has 0 spiro atoms. The number of ether oxygens (including phenoxy) is 1. The van der Waals surface area contributed by atoms with Crippen molar-refractivity contribution in [2.45, 2.75) is 46.1 Å². The fourth-order valence-corrected chi connectivity index (χ4v) is 3.76. The largest absolute Gasteiger partial charge is 0.444 e. The average molecular weight is 379 g/mol. The van der Waals surface area contributed by atoms with Gasteiger partial charge in [-0.1, -0.05) is 6.07 Å². The number of hydrogen-bond donors (Lipinski definition) is 0. The van der Waals surface area contributed by atoms with E-state index in [0.717, 1.165) is 29.8 Å². The van der Waals surface area contributed by atoms with E-state index < -0.39 is 5.60 Å². The molecule has 2 amide bonds. The molecule has 0 aromatic carbocycles. The minimum atomic E-state index is -0.465. The van der Waals surface area contributed by atoms with Crippen LogP contribution in [0.25, 0.3) is 6.08 Å². The van der Waals surface area contributed by atoms with Crippen LogP contribution < -0.4 is 0 Å². The Labute approximate surface area is 160 Å². The Kier molecular flexibility index (Phi) is 6.87. The Morgan fingerprint density at radius 3 is 2.54 bits per heavy atom. The molecule has 1 aliphatic heterocycles. The number of carbonyl (C=O) groups excluding carboxylic acids is 2. The van der Waals surface area contributed by atoms with Gasteiger partial charge in [-0.15, -0.1) is 11.3 Å². The molecule has 0 N–H and O–H groups in total. The molecule has 1 fully saturated rings. The molecule has 1 aliphatic rings. The lowest BCUT2D eigenvalue weighted by Gasteiger charge is -2.34. The maximum Gasteiger partial charge on any atom is 0.410 e. The van der Waals surface area contributed by atoms with Crippen LogP contribution in [0.5, 0.6) is 0 Å². The van der Waals surface area contributed by atoms with E-state index in [2.05, 4.69) is 0 Å². The van der Waals surface area contributed by atoms with Crippen LogP contribution in [0.2, 0.25) is 0 Å². The van der Waals surface area contributed by atoms with Crippen molar-refractivity contribution in [2.75, 3.05) is 26.7 Å². The zero-order chi connectivity index (χ0) is 19.3. The van der Waals surface area contributed by atoms with Gasteiger partial charge in [0.2, 0.25) is 5.91 Å². The SMILES string of the molecule is C/C(=C\c1cccs1)C(=O)N(C)CC1CCN(C(=O)OC(C)(C)C)CC1. The highest BCUT2D eigenvalue weighted by atomic mass is 32.1. The highest BCUT2D eigenvalue weighted by Crippen LogP contribution is 2.21. The standard InChI is InChI=1S/C20H30N2O3S/c1-15(13-17-7-6-12-26-17)18(23)21(5)14-16-8-10-22(11-9-16)19(24)25-20(2,3)4/h6-7,12-13,16H,8-11,14H2,1-5H3/b15-13+. The Hall–Kier alpha value is -1.82. The molecule has 5 nitrogen and oxygen atoms in total. The normalized spacial score (nSPS) is 16.5. The number of carbonyl (C=O) groups is 2. The van der Waals surface area contributed by atoms with E-state index in [0.29, 0.717) is 19.0 Å². The monoisotopic (exact) mass is 378 g/mol. The van der Waals surface area contributed by atoms with Gasteiger partial charge >= 0.3 is 6.09 Å². The molecule has 0 radical (unpaired) electrons. The van der Waals surface area contributed by atoms with Gasteiger partial charge in [-0.05, 0) is 64.0 Å². The highest BCUT2D eigenvalue weighted by molar-refractivity contribution is 7.10. The van der Waals surface area contributed by atoms with Crippen LogP contribution in [0, 0.1) is 5.92 Å². The zero-order valence-corrected chi connectivity index (χ0v) is 17.3. The first-order valence-corrected chi connectivity index (χ1v) is 9.99. The molecule has 144 valence electrons. The quantitative estimate of drug-likeness (QED) is 0.736. The highest BCUT2D eigenvalue weighted by Gasteiger charge is 2.28. The third kappa shape index (κ3) is 6.16. The Balaban J connectivity index is 1.81. The van der Waals surface area contributed by atoms with Gasteiger partial charge in [0.1, 0.15) is 5.60 Å². The molecule has 0 bridgehead atoms. The van der Waals surface area contributed by atoms with Crippen molar-refractivity contribution >= 4 is 29.4 Å². The summed E-state index contributed by atoms with van der Waals surface area (Å²) in [4.78, 5) is 29.3. The molecule has 0 saturated carbocycles. The van der Waals surface area contributed by atoms with E-state index in [1.807, 2.05) is 58.3 Å². The summed E-state index contributed by atoms with van der Waals surface area (Å²) in [6.45, 7) is 9.59. The number of likely N-dealkylation sites (N-methyl/N-ethyl adjacent to an activating group) is 1. The average Bonchev–Trinajstić information content (AvgIpc) is 3.06. The predicted molar refractivity (Wildman–Crippen MR) is 106 cm³/mol.